The van der Waals surface area contributed by atoms with Gasteiger partial charge in [0.1, 0.15) is 0 Å². The molecule has 1 aliphatic heterocycles. The summed E-state index contributed by atoms with van der Waals surface area (Å²) >= 11 is 5.85. The molecule has 4 heteroatoms. The first kappa shape index (κ1) is 13.2. The first-order valence-electron chi connectivity index (χ1n) is 6.46. The number of nitrogens with zero attached hydrogens (tertiary/aromatic N) is 1. The molecule has 2 N–H and O–H groups in total. The van der Waals surface area contributed by atoms with Gasteiger partial charge in [-0.25, -0.2) is 0 Å². The van der Waals surface area contributed by atoms with Crippen LogP contribution in [0.4, 0.5) is 5.69 Å². The Hall–Kier alpha value is -1.22. The summed E-state index contributed by atoms with van der Waals surface area (Å²) in [5, 5.41) is 0.564. The minimum absolute atomic E-state index is 0.0299. The maximum atomic E-state index is 12.4. The molecule has 1 unspecified atom stereocenters. The van der Waals surface area contributed by atoms with Crippen LogP contribution in [0.25, 0.3) is 0 Å². The van der Waals surface area contributed by atoms with Crippen molar-refractivity contribution in [2.45, 2.75) is 26.2 Å². The van der Waals surface area contributed by atoms with Crippen LogP contribution in [0.3, 0.4) is 0 Å². The van der Waals surface area contributed by atoms with E-state index in [-0.39, 0.29) is 5.91 Å². The van der Waals surface area contributed by atoms with Crippen LogP contribution in [0, 0.1) is 5.92 Å². The van der Waals surface area contributed by atoms with Crippen molar-refractivity contribution in [2.75, 3.05) is 18.8 Å². The highest BCUT2D eigenvalue weighted by molar-refractivity contribution is 6.31. The van der Waals surface area contributed by atoms with Crippen LogP contribution in [-0.2, 0) is 0 Å². The van der Waals surface area contributed by atoms with Crippen LogP contribution in [-0.4, -0.2) is 23.9 Å². The summed E-state index contributed by atoms with van der Waals surface area (Å²) in [5.41, 5.74) is 6.89. The van der Waals surface area contributed by atoms with Crippen molar-refractivity contribution in [3.05, 3.63) is 28.8 Å². The number of hydrogen-bond donors (Lipinski definition) is 1. The van der Waals surface area contributed by atoms with E-state index in [1.807, 2.05) is 4.90 Å². The Morgan fingerprint density at radius 1 is 1.56 bits per heavy atom. The van der Waals surface area contributed by atoms with Gasteiger partial charge >= 0.3 is 0 Å². The molecule has 0 saturated carbocycles. The molecule has 98 valence electrons. The van der Waals surface area contributed by atoms with Gasteiger partial charge in [0.05, 0.1) is 5.56 Å². The quantitative estimate of drug-likeness (QED) is 0.836. The van der Waals surface area contributed by atoms with Crippen molar-refractivity contribution < 1.29 is 4.79 Å². The number of benzene rings is 1. The number of nitrogens with two attached hydrogens (primary N) is 1. The van der Waals surface area contributed by atoms with Crippen molar-refractivity contribution in [3.8, 4) is 0 Å². The third kappa shape index (κ3) is 2.78. The fourth-order valence-corrected chi connectivity index (χ4v) is 2.66. The van der Waals surface area contributed by atoms with E-state index in [0.29, 0.717) is 22.2 Å². The van der Waals surface area contributed by atoms with E-state index < -0.39 is 0 Å². The number of nitrogen functional groups attached to an aromatic ring is 1. The molecule has 0 aromatic heterocycles. The van der Waals surface area contributed by atoms with Gasteiger partial charge in [-0.15, -0.1) is 0 Å². The van der Waals surface area contributed by atoms with Gasteiger partial charge in [-0.1, -0.05) is 24.9 Å². The second-order valence-corrected chi connectivity index (χ2v) is 5.34. The van der Waals surface area contributed by atoms with Gasteiger partial charge < -0.3 is 10.6 Å². The van der Waals surface area contributed by atoms with E-state index in [9.17, 15) is 4.79 Å². The first-order valence-corrected chi connectivity index (χ1v) is 6.84. The van der Waals surface area contributed by atoms with Gasteiger partial charge in [0.25, 0.3) is 5.91 Å². The van der Waals surface area contributed by atoms with Crippen molar-refractivity contribution in [3.63, 3.8) is 0 Å². The van der Waals surface area contributed by atoms with E-state index in [4.69, 9.17) is 17.3 Å². The summed E-state index contributed by atoms with van der Waals surface area (Å²) in [4.78, 5) is 14.3. The zero-order chi connectivity index (χ0) is 13.1. The SMILES string of the molecule is CCC1CCCN(C(=O)c2ccc(Cl)cc2N)C1. The lowest BCUT2D eigenvalue weighted by molar-refractivity contribution is 0.0672. The lowest BCUT2D eigenvalue weighted by Gasteiger charge is -2.32. The number of amides is 1. The van der Waals surface area contributed by atoms with Crippen molar-refractivity contribution in [1.82, 2.24) is 4.90 Å². The van der Waals surface area contributed by atoms with Crippen LogP contribution in [0.5, 0.6) is 0 Å². The number of halogens is 1. The van der Waals surface area contributed by atoms with E-state index in [1.54, 1.807) is 18.2 Å². The molecule has 1 atom stereocenters. The Morgan fingerprint density at radius 2 is 2.33 bits per heavy atom. The maximum absolute atomic E-state index is 12.4. The van der Waals surface area contributed by atoms with Gasteiger partial charge in [0, 0.05) is 23.8 Å². The second-order valence-electron chi connectivity index (χ2n) is 4.90. The summed E-state index contributed by atoms with van der Waals surface area (Å²) in [7, 11) is 0. The third-order valence-electron chi connectivity index (χ3n) is 3.63. The average molecular weight is 267 g/mol. The summed E-state index contributed by atoms with van der Waals surface area (Å²) in [6, 6.07) is 5.07. The van der Waals surface area contributed by atoms with Gasteiger partial charge in [-0.3, -0.25) is 4.79 Å². The molecule has 3 nitrogen and oxygen atoms in total. The molecular weight excluding hydrogens is 248 g/mol. The van der Waals surface area contributed by atoms with E-state index in [2.05, 4.69) is 6.92 Å². The number of rotatable bonds is 2. The average Bonchev–Trinajstić information content (AvgIpc) is 2.38. The molecule has 0 radical (unpaired) electrons. The largest absolute Gasteiger partial charge is 0.398 e. The lowest BCUT2D eigenvalue weighted by Crippen LogP contribution is -2.40. The lowest BCUT2D eigenvalue weighted by atomic mass is 9.95. The molecule has 0 bridgehead atoms. The molecule has 1 heterocycles. The standard InChI is InChI=1S/C14H19ClN2O/c1-2-10-4-3-7-17(9-10)14(18)12-6-5-11(15)8-13(12)16/h5-6,8,10H,2-4,7,9,16H2,1H3. The highest BCUT2D eigenvalue weighted by Gasteiger charge is 2.24. The summed E-state index contributed by atoms with van der Waals surface area (Å²) in [6.07, 6.45) is 3.42. The summed E-state index contributed by atoms with van der Waals surface area (Å²) in [5.74, 6) is 0.651. The van der Waals surface area contributed by atoms with Crippen LogP contribution in [0.15, 0.2) is 18.2 Å². The van der Waals surface area contributed by atoms with Crippen molar-refractivity contribution in [2.24, 2.45) is 5.92 Å². The van der Waals surface area contributed by atoms with Crippen LogP contribution < -0.4 is 5.73 Å². The number of anilines is 1. The van der Waals surface area contributed by atoms with E-state index >= 15 is 0 Å². The Morgan fingerprint density at radius 3 is 3.00 bits per heavy atom. The molecule has 1 aromatic rings. The van der Waals surface area contributed by atoms with E-state index in [0.717, 1.165) is 25.9 Å². The smallest absolute Gasteiger partial charge is 0.255 e. The predicted octanol–water partition coefficient (Wildman–Crippen LogP) is 3.18. The summed E-state index contributed by atoms with van der Waals surface area (Å²) in [6.45, 7) is 3.85. The molecule has 0 aliphatic carbocycles. The third-order valence-corrected chi connectivity index (χ3v) is 3.86. The van der Waals surface area contributed by atoms with Crippen molar-refractivity contribution in [1.29, 1.82) is 0 Å². The number of hydrogen-bond acceptors (Lipinski definition) is 2. The van der Waals surface area contributed by atoms with Crippen molar-refractivity contribution >= 4 is 23.2 Å². The first-order chi connectivity index (χ1) is 8.61. The minimum Gasteiger partial charge on any atom is -0.398 e. The Balaban J connectivity index is 2.15. The summed E-state index contributed by atoms with van der Waals surface area (Å²) < 4.78 is 0. The highest BCUT2D eigenvalue weighted by Crippen LogP contribution is 2.24. The fourth-order valence-electron chi connectivity index (χ4n) is 2.48. The fraction of sp³-hybridized carbons (Fsp3) is 0.500. The van der Waals surface area contributed by atoms with Crippen LogP contribution >= 0.6 is 11.6 Å². The number of likely N-dealkylation sites (tertiary alicyclic amines) is 1. The normalized spacial score (nSPS) is 19.9. The highest BCUT2D eigenvalue weighted by atomic mass is 35.5. The minimum atomic E-state index is 0.0299. The number of carbonyl (C=O) groups is 1. The molecule has 1 aliphatic rings. The number of piperidine rings is 1. The maximum Gasteiger partial charge on any atom is 0.255 e. The molecule has 0 spiro atoms. The molecule has 1 aromatic carbocycles. The van der Waals surface area contributed by atoms with Gasteiger partial charge in [-0.05, 0) is 37.0 Å². The van der Waals surface area contributed by atoms with Gasteiger partial charge in [0.2, 0.25) is 0 Å². The molecule has 18 heavy (non-hydrogen) atoms. The number of carbonyl (C=O) groups excluding carboxylic acids is 1. The topological polar surface area (TPSA) is 46.3 Å². The van der Waals surface area contributed by atoms with Gasteiger partial charge in [-0.2, -0.15) is 0 Å². The van der Waals surface area contributed by atoms with Crippen LogP contribution in [0.2, 0.25) is 5.02 Å². The molecule has 1 amide bonds. The van der Waals surface area contributed by atoms with E-state index in [1.165, 1.54) is 6.42 Å². The molecular formula is C14H19ClN2O. The predicted molar refractivity (Wildman–Crippen MR) is 74.8 cm³/mol. The zero-order valence-electron chi connectivity index (χ0n) is 10.7. The Bertz CT molecular complexity index is 447. The molecule has 2 rings (SSSR count). The van der Waals surface area contributed by atoms with Crippen LogP contribution in [0.1, 0.15) is 36.5 Å². The second kappa shape index (κ2) is 5.61. The Kier molecular flexibility index (Phi) is 4.12. The monoisotopic (exact) mass is 266 g/mol. The molecule has 1 saturated heterocycles. The van der Waals surface area contributed by atoms with Gasteiger partial charge in [0.15, 0.2) is 0 Å². The Labute approximate surface area is 113 Å². The zero-order valence-corrected chi connectivity index (χ0v) is 11.4. The molecule has 1 fully saturated rings.